The highest BCUT2D eigenvalue weighted by atomic mass is 16.6. The van der Waals surface area contributed by atoms with Crippen molar-refractivity contribution in [2.75, 3.05) is 19.8 Å². The Morgan fingerprint density at radius 3 is 1.23 bits per heavy atom. The molecule has 1 atom stereocenters. The summed E-state index contributed by atoms with van der Waals surface area (Å²) in [5.74, 6) is -0.407. The maximum atomic E-state index is 12.8. The Morgan fingerprint density at radius 1 is 0.371 bits per heavy atom. The second-order valence-electron chi connectivity index (χ2n) is 17.8. The lowest BCUT2D eigenvalue weighted by Crippen LogP contribution is -2.30. The maximum absolute atomic E-state index is 12.8. The lowest BCUT2D eigenvalue weighted by atomic mass is 10.0. The zero-order valence-corrected chi connectivity index (χ0v) is 41.4. The molecular weight excluding hydrogens is 765 g/mol. The third-order valence-corrected chi connectivity index (χ3v) is 11.5. The van der Waals surface area contributed by atoms with E-state index in [4.69, 9.17) is 14.2 Å². The molecule has 0 aliphatic heterocycles. The topological polar surface area (TPSA) is 61.8 Å². The molecule has 0 aromatic heterocycles. The standard InChI is InChI=1S/C57H102O5/c1-4-7-10-13-16-19-22-25-27-28-29-30-32-33-35-38-41-44-47-50-56(58)61-54-55(53-60-52-49-46-43-40-37-24-21-18-15-12-9-6-3)62-57(59)51-48-45-42-39-36-34-31-26-23-20-17-14-11-8-5-2/h7,10,15-16,18-19,25,27,29-30,55H,4-6,8-9,11-14,17,20-24,26,28,31-54H2,1-3H3/b10-7-,18-15-,19-16-,27-25-,30-29-. The minimum Gasteiger partial charge on any atom is -0.462 e. The van der Waals surface area contributed by atoms with Crippen LogP contribution in [0.25, 0.3) is 0 Å². The van der Waals surface area contributed by atoms with Crippen LogP contribution in [0.2, 0.25) is 0 Å². The van der Waals surface area contributed by atoms with Crippen molar-refractivity contribution in [3.05, 3.63) is 60.8 Å². The normalized spacial score (nSPS) is 12.6. The molecule has 0 radical (unpaired) electrons. The molecule has 0 aliphatic carbocycles. The first-order chi connectivity index (χ1) is 30.6. The van der Waals surface area contributed by atoms with Crippen LogP contribution in [0.5, 0.6) is 0 Å². The first-order valence-electron chi connectivity index (χ1n) is 26.8. The molecule has 1 unspecified atom stereocenters. The van der Waals surface area contributed by atoms with Gasteiger partial charge in [-0.05, 0) is 77.0 Å². The fourth-order valence-corrected chi connectivity index (χ4v) is 7.54. The van der Waals surface area contributed by atoms with E-state index in [2.05, 4.69) is 81.5 Å². The molecule has 5 heteroatoms. The molecule has 0 amide bonds. The molecule has 0 heterocycles. The number of carbonyl (C=O) groups is 2. The molecule has 62 heavy (non-hydrogen) atoms. The average molecular weight is 867 g/mol. The van der Waals surface area contributed by atoms with Crippen LogP contribution in [-0.4, -0.2) is 37.9 Å². The van der Waals surface area contributed by atoms with Gasteiger partial charge in [0.25, 0.3) is 0 Å². The van der Waals surface area contributed by atoms with E-state index in [1.165, 1.54) is 154 Å². The summed E-state index contributed by atoms with van der Waals surface area (Å²) in [7, 11) is 0. The second kappa shape index (κ2) is 52.9. The molecule has 0 aliphatic rings. The molecule has 0 saturated heterocycles. The fraction of sp³-hybridized carbons (Fsp3) is 0.789. The Kier molecular flexibility index (Phi) is 50.9. The largest absolute Gasteiger partial charge is 0.462 e. The number of allylic oxidation sites excluding steroid dienone is 10. The number of esters is 2. The summed E-state index contributed by atoms with van der Waals surface area (Å²) in [6.45, 7) is 7.69. The quantitative estimate of drug-likeness (QED) is 0.0346. The lowest BCUT2D eigenvalue weighted by molar-refractivity contribution is -0.163. The molecule has 0 rings (SSSR count). The maximum Gasteiger partial charge on any atom is 0.306 e. The van der Waals surface area contributed by atoms with Crippen molar-refractivity contribution in [2.24, 2.45) is 0 Å². The molecular formula is C57H102O5. The van der Waals surface area contributed by atoms with Gasteiger partial charge >= 0.3 is 11.9 Å². The number of unbranched alkanes of at least 4 members (excludes halogenated alkanes) is 28. The van der Waals surface area contributed by atoms with Crippen LogP contribution < -0.4 is 0 Å². The summed E-state index contributed by atoms with van der Waals surface area (Å²) in [6, 6.07) is 0. The molecule has 5 nitrogen and oxygen atoms in total. The number of ether oxygens (including phenoxy) is 3. The number of carbonyl (C=O) groups excluding carboxylic acids is 2. The van der Waals surface area contributed by atoms with Crippen molar-refractivity contribution >= 4 is 11.9 Å². The minimum absolute atomic E-state index is 0.0770. The Hall–Kier alpha value is -2.40. The van der Waals surface area contributed by atoms with Crippen molar-refractivity contribution in [2.45, 2.75) is 271 Å². The van der Waals surface area contributed by atoms with Crippen LogP contribution >= 0.6 is 0 Å². The second-order valence-corrected chi connectivity index (χ2v) is 17.8. The molecule has 0 aromatic carbocycles. The molecule has 0 N–H and O–H groups in total. The number of rotatable bonds is 49. The fourth-order valence-electron chi connectivity index (χ4n) is 7.54. The van der Waals surface area contributed by atoms with Gasteiger partial charge in [-0.3, -0.25) is 9.59 Å². The lowest BCUT2D eigenvalue weighted by Gasteiger charge is -2.18. The van der Waals surface area contributed by atoms with Crippen LogP contribution in [0.3, 0.4) is 0 Å². The summed E-state index contributed by atoms with van der Waals surface area (Å²) in [5, 5.41) is 0. The SMILES string of the molecule is CC/C=C\C/C=C\C/C=C\C/C=C\CCCCCCCCC(=O)OCC(COCCCCCCCC/C=C\CCCC)OC(=O)CCCCCCCCCCCCCCCCC. The number of hydrogen-bond acceptors (Lipinski definition) is 5. The Labute approximate surface area is 385 Å². The monoisotopic (exact) mass is 867 g/mol. The van der Waals surface area contributed by atoms with Gasteiger partial charge in [-0.1, -0.05) is 236 Å². The van der Waals surface area contributed by atoms with Crippen molar-refractivity contribution in [3.8, 4) is 0 Å². The van der Waals surface area contributed by atoms with E-state index < -0.39 is 6.10 Å². The van der Waals surface area contributed by atoms with E-state index in [9.17, 15) is 9.59 Å². The summed E-state index contributed by atoms with van der Waals surface area (Å²) in [5.41, 5.74) is 0. The molecule has 0 spiro atoms. The van der Waals surface area contributed by atoms with Gasteiger partial charge in [0.15, 0.2) is 6.10 Å². The Balaban J connectivity index is 4.25. The van der Waals surface area contributed by atoms with Gasteiger partial charge in [0.1, 0.15) is 6.61 Å². The highest BCUT2D eigenvalue weighted by Gasteiger charge is 2.17. The summed E-state index contributed by atoms with van der Waals surface area (Å²) in [4.78, 5) is 25.4. The van der Waals surface area contributed by atoms with E-state index in [1.54, 1.807) is 0 Å². The third kappa shape index (κ3) is 50.2. The van der Waals surface area contributed by atoms with Gasteiger partial charge in [0.05, 0.1) is 6.61 Å². The Morgan fingerprint density at radius 2 is 0.742 bits per heavy atom. The van der Waals surface area contributed by atoms with E-state index in [1.807, 2.05) is 0 Å². The number of hydrogen-bond donors (Lipinski definition) is 0. The van der Waals surface area contributed by atoms with Gasteiger partial charge in [-0.2, -0.15) is 0 Å². The van der Waals surface area contributed by atoms with Crippen molar-refractivity contribution in [1.29, 1.82) is 0 Å². The van der Waals surface area contributed by atoms with E-state index >= 15 is 0 Å². The summed E-state index contributed by atoms with van der Waals surface area (Å²) in [6.07, 6.45) is 66.5. The minimum atomic E-state index is -0.543. The molecule has 0 fully saturated rings. The molecule has 0 bridgehead atoms. The third-order valence-electron chi connectivity index (χ3n) is 11.5. The van der Waals surface area contributed by atoms with E-state index in [0.29, 0.717) is 19.4 Å². The predicted molar refractivity (Wildman–Crippen MR) is 270 cm³/mol. The summed E-state index contributed by atoms with van der Waals surface area (Å²) < 4.78 is 17.4. The molecule has 360 valence electrons. The van der Waals surface area contributed by atoms with Gasteiger partial charge < -0.3 is 14.2 Å². The van der Waals surface area contributed by atoms with Crippen molar-refractivity contribution < 1.29 is 23.8 Å². The van der Waals surface area contributed by atoms with E-state index in [0.717, 1.165) is 77.0 Å². The van der Waals surface area contributed by atoms with Crippen molar-refractivity contribution in [3.63, 3.8) is 0 Å². The predicted octanol–water partition coefficient (Wildman–Crippen LogP) is 18.1. The van der Waals surface area contributed by atoms with Crippen LogP contribution in [-0.2, 0) is 23.8 Å². The molecule has 0 aromatic rings. The first-order valence-corrected chi connectivity index (χ1v) is 26.8. The molecule has 0 saturated carbocycles. The van der Waals surface area contributed by atoms with Gasteiger partial charge in [0.2, 0.25) is 0 Å². The average Bonchev–Trinajstić information content (AvgIpc) is 3.27. The highest BCUT2D eigenvalue weighted by Crippen LogP contribution is 2.15. The highest BCUT2D eigenvalue weighted by molar-refractivity contribution is 5.70. The zero-order valence-electron chi connectivity index (χ0n) is 41.4. The summed E-state index contributed by atoms with van der Waals surface area (Å²) >= 11 is 0. The van der Waals surface area contributed by atoms with Crippen LogP contribution in [0.1, 0.15) is 265 Å². The van der Waals surface area contributed by atoms with Crippen molar-refractivity contribution in [1.82, 2.24) is 0 Å². The van der Waals surface area contributed by atoms with Gasteiger partial charge in [0, 0.05) is 19.4 Å². The smallest absolute Gasteiger partial charge is 0.306 e. The van der Waals surface area contributed by atoms with E-state index in [-0.39, 0.29) is 25.2 Å². The van der Waals surface area contributed by atoms with Gasteiger partial charge in [-0.15, -0.1) is 0 Å². The van der Waals surface area contributed by atoms with Crippen LogP contribution in [0, 0.1) is 0 Å². The van der Waals surface area contributed by atoms with Crippen LogP contribution in [0.4, 0.5) is 0 Å². The van der Waals surface area contributed by atoms with Gasteiger partial charge in [-0.25, -0.2) is 0 Å². The van der Waals surface area contributed by atoms with Crippen LogP contribution in [0.15, 0.2) is 60.8 Å². The zero-order chi connectivity index (χ0) is 44.9. The first kappa shape index (κ1) is 59.6. The Bertz CT molecular complexity index is 1070.